The zero-order chi connectivity index (χ0) is 17.2. The molecule has 0 spiro atoms. The highest BCUT2D eigenvalue weighted by molar-refractivity contribution is 5.98. The van der Waals surface area contributed by atoms with E-state index in [0.717, 1.165) is 56.3 Å². The molecule has 0 aromatic heterocycles. The summed E-state index contributed by atoms with van der Waals surface area (Å²) in [6.45, 7) is 1.53. The van der Waals surface area contributed by atoms with Gasteiger partial charge in [-0.2, -0.15) is 0 Å². The van der Waals surface area contributed by atoms with Crippen molar-refractivity contribution >= 4 is 42.3 Å². The Labute approximate surface area is 166 Å². The maximum Gasteiger partial charge on any atom is 0.244 e. The first kappa shape index (κ1) is 22.7. The molecule has 6 nitrogen and oxygen atoms in total. The molecule has 1 saturated heterocycles. The van der Waals surface area contributed by atoms with E-state index in [4.69, 9.17) is 11.5 Å². The highest BCUT2D eigenvalue weighted by atomic mass is 35.5. The van der Waals surface area contributed by atoms with E-state index >= 15 is 0 Å². The molecule has 8 heteroatoms. The standard InChI is InChI=1S/C18H26N4O2.2ClH/c19-16(23)15-7-4-10-22(15)12-13-5-3-6-14(11-13)21-17(24)18(20)8-1-2-9-18;;/h3,5-6,11,15H,1-2,4,7-10,12,20H2,(H2,19,23)(H,21,24);2*1H. The van der Waals surface area contributed by atoms with Crippen LogP contribution in [-0.2, 0) is 16.1 Å². The van der Waals surface area contributed by atoms with Gasteiger partial charge < -0.3 is 16.8 Å². The maximum atomic E-state index is 12.4. The van der Waals surface area contributed by atoms with Crippen molar-refractivity contribution in [3.05, 3.63) is 29.8 Å². The van der Waals surface area contributed by atoms with Gasteiger partial charge in [0.05, 0.1) is 11.6 Å². The lowest BCUT2D eigenvalue weighted by molar-refractivity contribution is -0.122. The number of benzene rings is 1. The van der Waals surface area contributed by atoms with Crippen LogP contribution in [0.25, 0.3) is 0 Å². The van der Waals surface area contributed by atoms with Gasteiger partial charge in [-0.25, -0.2) is 0 Å². The van der Waals surface area contributed by atoms with E-state index in [0.29, 0.717) is 6.54 Å². The number of nitrogens with one attached hydrogen (secondary N) is 1. The molecule has 2 aliphatic rings. The number of carbonyl (C=O) groups excluding carboxylic acids is 2. The number of primary amides is 1. The third kappa shape index (κ3) is 5.10. The van der Waals surface area contributed by atoms with Crippen LogP contribution in [0.3, 0.4) is 0 Å². The van der Waals surface area contributed by atoms with E-state index in [1.807, 2.05) is 24.3 Å². The second-order valence-corrected chi connectivity index (χ2v) is 7.05. The van der Waals surface area contributed by atoms with Gasteiger partial charge in [0.1, 0.15) is 0 Å². The summed E-state index contributed by atoms with van der Waals surface area (Å²) in [5.74, 6) is -0.364. The minimum absolute atomic E-state index is 0. The van der Waals surface area contributed by atoms with Crippen molar-refractivity contribution in [3.8, 4) is 0 Å². The van der Waals surface area contributed by atoms with Gasteiger partial charge in [0, 0.05) is 12.2 Å². The molecule has 0 bridgehead atoms. The predicted octanol–water partition coefficient (Wildman–Crippen LogP) is 2.19. The number of likely N-dealkylation sites (tertiary alicyclic amines) is 1. The molecule has 1 aliphatic carbocycles. The van der Waals surface area contributed by atoms with E-state index in [1.165, 1.54) is 0 Å². The molecular formula is C18H28Cl2N4O2. The van der Waals surface area contributed by atoms with Gasteiger partial charge in [-0.3, -0.25) is 14.5 Å². The van der Waals surface area contributed by atoms with Crippen LogP contribution >= 0.6 is 24.8 Å². The third-order valence-corrected chi connectivity index (χ3v) is 5.21. The Morgan fingerprint density at radius 1 is 1.19 bits per heavy atom. The number of carbonyl (C=O) groups is 2. The van der Waals surface area contributed by atoms with Gasteiger partial charge in [0.15, 0.2) is 0 Å². The second-order valence-electron chi connectivity index (χ2n) is 7.05. The Morgan fingerprint density at radius 2 is 1.88 bits per heavy atom. The van der Waals surface area contributed by atoms with Crippen LogP contribution < -0.4 is 16.8 Å². The van der Waals surface area contributed by atoms with E-state index in [9.17, 15) is 9.59 Å². The smallest absolute Gasteiger partial charge is 0.244 e. The summed E-state index contributed by atoms with van der Waals surface area (Å²) in [5, 5.41) is 2.95. The van der Waals surface area contributed by atoms with Crippen molar-refractivity contribution in [3.63, 3.8) is 0 Å². The number of rotatable bonds is 5. The van der Waals surface area contributed by atoms with E-state index in [-0.39, 0.29) is 42.7 Å². The fraction of sp³-hybridized carbons (Fsp3) is 0.556. The van der Waals surface area contributed by atoms with Crippen molar-refractivity contribution in [2.75, 3.05) is 11.9 Å². The summed E-state index contributed by atoms with van der Waals surface area (Å²) in [5.41, 5.74) is 12.7. The lowest BCUT2D eigenvalue weighted by Gasteiger charge is -2.23. The number of hydrogen-bond donors (Lipinski definition) is 3. The lowest BCUT2D eigenvalue weighted by atomic mass is 9.98. The van der Waals surface area contributed by atoms with Crippen molar-refractivity contribution in [2.45, 2.75) is 56.7 Å². The molecule has 2 fully saturated rings. The molecule has 1 atom stereocenters. The summed E-state index contributed by atoms with van der Waals surface area (Å²) < 4.78 is 0. The summed E-state index contributed by atoms with van der Waals surface area (Å²) in [6, 6.07) is 7.55. The Hall–Kier alpha value is -1.34. The lowest BCUT2D eigenvalue weighted by Crippen LogP contribution is -2.48. The van der Waals surface area contributed by atoms with E-state index < -0.39 is 5.54 Å². The zero-order valence-electron chi connectivity index (χ0n) is 14.8. The van der Waals surface area contributed by atoms with Crippen LogP contribution in [0.15, 0.2) is 24.3 Å². The molecule has 1 aromatic carbocycles. The fourth-order valence-corrected chi connectivity index (χ4v) is 3.81. The Balaban J connectivity index is 0.00000169. The average Bonchev–Trinajstić information content (AvgIpc) is 3.17. The van der Waals surface area contributed by atoms with Crippen LogP contribution in [0, 0.1) is 0 Å². The average molecular weight is 403 g/mol. The number of hydrogen-bond acceptors (Lipinski definition) is 4. The van der Waals surface area contributed by atoms with E-state index in [2.05, 4.69) is 10.2 Å². The van der Waals surface area contributed by atoms with Gasteiger partial charge in [-0.1, -0.05) is 25.0 Å². The van der Waals surface area contributed by atoms with Crippen LogP contribution in [0.2, 0.25) is 0 Å². The topological polar surface area (TPSA) is 101 Å². The molecule has 0 radical (unpaired) electrons. The van der Waals surface area contributed by atoms with Crippen molar-refractivity contribution in [1.29, 1.82) is 0 Å². The minimum atomic E-state index is -0.734. The Bertz CT molecular complexity index is 635. The van der Waals surface area contributed by atoms with Crippen LogP contribution in [0.4, 0.5) is 5.69 Å². The summed E-state index contributed by atoms with van der Waals surface area (Å²) in [7, 11) is 0. The largest absolute Gasteiger partial charge is 0.368 e. The molecule has 2 amide bonds. The Kier molecular flexibility index (Phi) is 8.34. The van der Waals surface area contributed by atoms with Crippen LogP contribution in [0.1, 0.15) is 44.1 Å². The predicted molar refractivity (Wildman–Crippen MR) is 108 cm³/mol. The zero-order valence-corrected chi connectivity index (χ0v) is 16.4. The normalized spacial score (nSPS) is 21.5. The molecule has 5 N–H and O–H groups in total. The number of anilines is 1. The van der Waals surface area contributed by atoms with Gasteiger partial charge >= 0.3 is 0 Å². The quantitative estimate of drug-likeness (QED) is 0.702. The number of amides is 2. The van der Waals surface area contributed by atoms with Gasteiger partial charge in [-0.15, -0.1) is 24.8 Å². The molecule has 1 saturated carbocycles. The minimum Gasteiger partial charge on any atom is -0.368 e. The summed E-state index contributed by atoms with van der Waals surface area (Å²) >= 11 is 0. The second kappa shape index (κ2) is 9.55. The van der Waals surface area contributed by atoms with Gasteiger partial charge in [0.25, 0.3) is 0 Å². The van der Waals surface area contributed by atoms with Gasteiger partial charge in [0.2, 0.25) is 11.8 Å². The molecule has 146 valence electrons. The number of halogens is 2. The maximum absolute atomic E-state index is 12.4. The molecule has 1 aromatic rings. The monoisotopic (exact) mass is 402 g/mol. The molecule has 3 rings (SSSR count). The molecule has 26 heavy (non-hydrogen) atoms. The first-order valence-electron chi connectivity index (χ1n) is 8.71. The first-order chi connectivity index (χ1) is 11.5. The van der Waals surface area contributed by atoms with Crippen molar-refractivity contribution in [2.24, 2.45) is 11.5 Å². The van der Waals surface area contributed by atoms with E-state index in [1.54, 1.807) is 0 Å². The third-order valence-electron chi connectivity index (χ3n) is 5.21. The summed E-state index contributed by atoms with van der Waals surface area (Å²) in [4.78, 5) is 26.0. The van der Waals surface area contributed by atoms with Crippen LogP contribution in [-0.4, -0.2) is 34.8 Å². The number of nitrogens with zero attached hydrogens (tertiary/aromatic N) is 1. The first-order valence-corrected chi connectivity index (χ1v) is 8.71. The SMILES string of the molecule is Cl.Cl.NC(=O)C1CCCN1Cc1cccc(NC(=O)C2(N)CCCC2)c1. The van der Waals surface area contributed by atoms with Crippen LogP contribution in [0.5, 0.6) is 0 Å². The molecule has 1 aliphatic heterocycles. The fourth-order valence-electron chi connectivity index (χ4n) is 3.81. The molecular weight excluding hydrogens is 375 g/mol. The molecule has 1 heterocycles. The molecule has 1 unspecified atom stereocenters. The Morgan fingerprint density at radius 3 is 2.54 bits per heavy atom. The number of nitrogens with two attached hydrogens (primary N) is 2. The highest BCUT2D eigenvalue weighted by Crippen LogP contribution is 2.28. The highest BCUT2D eigenvalue weighted by Gasteiger charge is 2.37. The van der Waals surface area contributed by atoms with Gasteiger partial charge in [-0.05, 0) is 49.9 Å². The van der Waals surface area contributed by atoms with Crippen molar-refractivity contribution < 1.29 is 9.59 Å². The van der Waals surface area contributed by atoms with Crippen molar-refractivity contribution in [1.82, 2.24) is 4.90 Å². The summed E-state index contributed by atoms with van der Waals surface area (Å²) in [6.07, 6.45) is 5.31.